The minimum Gasteiger partial charge on any atom is -0.606 e. The number of rotatable bonds is 5. The lowest BCUT2D eigenvalue weighted by Gasteiger charge is -2.17. The molecule has 1 aliphatic rings. The van der Waals surface area contributed by atoms with Crippen LogP contribution in [0.15, 0.2) is 63.8 Å². The van der Waals surface area contributed by atoms with Gasteiger partial charge < -0.3 is 20.3 Å². The summed E-state index contributed by atoms with van der Waals surface area (Å²) < 4.78 is 13.8. The van der Waals surface area contributed by atoms with Crippen molar-refractivity contribution in [3.63, 3.8) is 0 Å². The highest BCUT2D eigenvalue weighted by atomic mass is 32.2. The summed E-state index contributed by atoms with van der Waals surface area (Å²) in [7, 11) is 0. The first-order valence-corrected chi connectivity index (χ1v) is 11.3. The molecule has 0 aliphatic carbocycles. The van der Waals surface area contributed by atoms with Crippen LogP contribution in [0, 0.1) is 0 Å². The second kappa shape index (κ2) is 8.64. The highest BCUT2D eigenvalue weighted by Gasteiger charge is 2.28. The van der Waals surface area contributed by atoms with E-state index in [0.717, 1.165) is 16.1 Å². The Bertz CT molecular complexity index is 1010. The molecule has 3 aromatic rings. The maximum absolute atomic E-state index is 13.2. The Morgan fingerprint density at radius 3 is 2.72 bits per heavy atom. The van der Waals surface area contributed by atoms with E-state index in [1.807, 2.05) is 42.5 Å². The van der Waals surface area contributed by atoms with Crippen LogP contribution in [-0.4, -0.2) is 44.6 Å². The number of carbonyl (C=O) groups excluding carboxylic acids is 1. The fourth-order valence-corrected chi connectivity index (χ4v) is 5.58. The van der Waals surface area contributed by atoms with E-state index in [1.54, 1.807) is 17.2 Å². The number of benzene rings is 2. The number of likely N-dealkylation sites (tertiary alicyclic amines) is 1. The van der Waals surface area contributed by atoms with E-state index in [9.17, 15) is 14.5 Å². The summed E-state index contributed by atoms with van der Waals surface area (Å²) in [6.07, 6.45) is 1.67. The zero-order valence-corrected chi connectivity index (χ0v) is 17.3. The number of hydrogen-bond donors (Lipinski definition) is 2. The number of nitrogens with zero attached hydrogens (tertiary/aromatic N) is 2. The Morgan fingerprint density at radius 2 is 2.07 bits per heavy atom. The summed E-state index contributed by atoms with van der Waals surface area (Å²) in [5.41, 5.74) is 7.85. The Morgan fingerprint density at radius 1 is 1.28 bits per heavy atom. The van der Waals surface area contributed by atoms with Gasteiger partial charge in [-0.05, 0) is 23.6 Å². The minimum atomic E-state index is -1.47. The first-order valence-electron chi connectivity index (χ1n) is 9.29. The number of amides is 1. The third kappa shape index (κ3) is 4.36. The molecule has 2 unspecified atom stereocenters. The van der Waals surface area contributed by atoms with Crippen LogP contribution in [0.3, 0.4) is 0 Å². The number of β-amino-alcohol motifs (C(OH)–C–C–N with tert-alkyl or cyclic N) is 1. The number of hydrogen-bond acceptors (Lipinski definition) is 6. The van der Waals surface area contributed by atoms with Crippen LogP contribution >= 0.6 is 11.3 Å². The van der Waals surface area contributed by atoms with Crippen molar-refractivity contribution in [1.82, 2.24) is 9.88 Å². The van der Waals surface area contributed by atoms with Crippen molar-refractivity contribution >= 4 is 28.4 Å². The van der Waals surface area contributed by atoms with Gasteiger partial charge in [0.05, 0.1) is 12.3 Å². The fraction of sp³-hybridized carbons (Fsp3) is 0.238. The molecular weight excluding hydrogens is 406 g/mol. The van der Waals surface area contributed by atoms with Gasteiger partial charge in [-0.25, -0.2) is 4.98 Å². The standard InChI is InChI=1S/C21H21N3O3S2/c22-11-19-23-12-20(28-19)29(27)18-9-15(14-4-2-1-3-5-14)8-16(10-18)21(26)24-7-6-17(25)13-24/h1-5,8-10,12,17,25H,6-7,11,13,22H2. The van der Waals surface area contributed by atoms with Crippen molar-refractivity contribution in [2.45, 2.75) is 28.2 Å². The van der Waals surface area contributed by atoms with Crippen LogP contribution in [0.5, 0.6) is 0 Å². The van der Waals surface area contributed by atoms with Gasteiger partial charge in [-0.1, -0.05) is 41.7 Å². The van der Waals surface area contributed by atoms with Crippen molar-refractivity contribution in [2.24, 2.45) is 5.73 Å². The zero-order chi connectivity index (χ0) is 20.4. The number of aromatic nitrogens is 1. The van der Waals surface area contributed by atoms with Crippen LogP contribution in [0.2, 0.25) is 0 Å². The van der Waals surface area contributed by atoms with E-state index in [-0.39, 0.29) is 5.91 Å². The molecule has 1 aliphatic heterocycles. The van der Waals surface area contributed by atoms with Crippen molar-refractivity contribution < 1.29 is 14.5 Å². The average Bonchev–Trinajstić information content (AvgIpc) is 3.42. The molecule has 2 heterocycles. The Balaban J connectivity index is 1.74. The molecule has 2 atom stereocenters. The van der Waals surface area contributed by atoms with Gasteiger partial charge >= 0.3 is 0 Å². The Labute approximate surface area is 176 Å². The quantitative estimate of drug-likeness (QED) is 0.610. The zero-order valence-electron chi connectivity index (χ0n) is 15.7. The van der Waals surface area contributed by atoms with Crippen LogP contribution in [-0.2, 0) is 17.7 Å². The van der Waals surface area contributed by atoms with E-state index in [2.05, 4.69) is 4.98 Å². The lowest BCUT2D eigenvalue weighted by atomic mass is 10.0. The molecule has 2 aromatic carbocycles. The van der Waals surface area contributed by atoms with Crippen LogP contribution in [0.4, 0.5) is 0 Å². The topological polar surface area (TPSA) is 103 Å². The van der Waals surface area contributed by atoms with Crippen LogP contribution < -0.4 is 5.73 Å². The van der Waals surface area contributed by atoms with E-state index < -0.39 is 17.3 Å². The van der Waals surface area contributed by atoms with Crippen LogP contribution in [0.25, 0.3) is 11.1 Å². The lowest BCUT2D eigenvalue weighted by Crippen LogP contribution is -2.29. The molecular formula is C21H21N3O3S2. The summed E-state index contributed by atoms with van der Waals surface area (Å²) in [5, 5.41) is 10.5. The predicted octanol–water partition coefficient (Wildman–Crippen LogP) is 2.64. The lowest BCUT2D eigenvalue weighted by molar-refractivity contribution is 0.0765. The molecule has 29 heavy (non-hydrogen) atoms. The summed E-state index contributed by atoms with van der Waals surface area (Å²) in [5.74, 6) is -0.162. The third-order valence-corrected chi connectivity index (χ3v) is 7.47. The Kier molecular flexibility index (Phi) is 5.98. The number of nitrogens with two attached hydrogens (primary N) is 1. The SMILES string of the molecule is NCc1ncc([S+]([O-])c2cc(C(=O)N3CCC(O)C3)cc(-c3ccccc3)c2)s1. The summed E-state index contributed by atoms with van der Waals surface area (Å²) in [4.78, 5) is 19.4. The largest absolute Gasteiger partial charge is 0.606 e. The minimum absolute atomic E-state index is 0.162. The summed E-state index contributed by atoms with van der Waals surface area (Å²) >= 11 is -0.154. The molecule has 0 bridgehead atoms. The molecule has 1 fully saturated rings. The maximum Gasteiger partial charge on any atom is 0.254 e. The van der Waals surface area contributed by atoms with Gasteiger partial charge in [-0.2, -0.15) is 0 Å². The molecule has 1 saturated heterocycles. The van der Waals surface area contributed by atoms with Gasteiger partial charge in [0.2, 0.25) is 4.21 Å². The van der Waals surface area contributed by atoms with Gasteiger partial charge in [0.25, 0.3) is 5.91 Å². The molecule has 0 radical (unpaired) electrons. The molecule has 4 rings (SSSR count). The van der Waals surface area contributed by atoms with E-state index in [0.29, 0.717) is 40.7 Å². The highest BCUT2D eigenvalue weighted by molar-refractivity contribution is 7.93. The van der Waals surface area contributed by atoms with E-state index in [1.165, 1.54) is 11.3 Å². The van der Waals surface area contributed by atoms with Crippen LogP contribution in [0.1, 0.15) is 21.8 Å². The maximum atomic E-state index is 13.2. The van der Waals surface area contributed by atoms with Gasteiger partial charge in [0.1, 0.15) is 5.01 Å². The van der Waals surface area contributed by atoms with Gasteiger partial charge in [0.15, 0.2) is 4.90 Å². The molecule has 0 spiro atoms. The van der Waals surface area contributed by atoms with Gasteiger partial charge in [0, 0.05) is 48.5 Å². The Hall–Kier alpha value is -2.23. The van der Waals surface area contributed by atoms with Crippen molar-refractivity contribution in [1.29, 1.82) is 0 Å². The number of thiazole rings is 1. The number of aliphatic hydroxyl groups excluding tert-OH is 1. The molecule has 3 N–H and O–H groups in total. The van der Waals surface area contributed by atoms with Gasteiger partial charge in [-0.15, -0.1) is 0 Å². The van der Waals surface area contributed by atoms with Crippen molar-refractivity contribution in [3.05, 3.63) is 65.3 Å². The first kappa shape index (κ1) is 20.1. The highest BCUT2D eigenvalue weighted by Crippen LogP contribution is 2.31. The first-order chi connectivity index (χ1) is 14.0. The molecule has 1 amide bonds. The third-order valence-electron chi connectivity index (χ3n) is 4.81. The molecule has 6 nitrogen and oxygen atoms in total. The summed E-state index contributed by atoms with van der Waals surface area (Å²) in [6.45, 7) is 1.14. The molecule has 8 heteroatoms. The van der Waals surface area contributed by atoms with Crippen molar-refractivity contribution in [3.8, 4) is 11.1 Å². The van der Waals surface area contributed by atoms with Gasteiger partial charge in [-0.3, -0.25) is 4.79 Å². The van der Waals surface area contributed by atoms with E-state index in [4.69, 9.17) is 5.73 Å². The summed E-state index contributed by atoms with van der Waals surface area (Å²) in [6, 6.07) is 15.0. The smallest absolute Gasteiger partial charge is 0.254 e. The predicted molar refractivity (Wildman–Crippen MR) is 113 cm³/mol. The second-order valence-electron chi connectivity index (χ2n) is 6.85. The van der Waals surface area contributed by atoms with Crippen molar-refractivity contribution in [2.75, 3.05) is 13.1 Å². The molecule has 1 aromatic heterocycles. The second-order valence-corrected chi connectivity index (χ2v) is 9.67. The number of aliphatic hydroxyl groups is 1. The number of carbonyl (C=O) groups is 1. The van der Waals surface area contributed by atoms with E-state index >= 15 is 0 Å². The normalized spacial score (nSPS) is 17.5. The molecule has 150 valence electrons. The average molecular weight is 428 g/mol. The fourth-order valence-electron chi connectivity index (χ4n) is 3.33. The monoisotopic (exact) mass is 427 g/mol. The molecule has 0 saturated carbocycles.